The molecule has 1 unspecified atom stereocenters. The fourth-order valence-electron chi connectivity index (χ4n) is 1.35. The van der Waals surface area contributed by atoms with Crippen LogP contribution in [-0.2, 0) is 4.79 Å². The summed E-state index contributed by atoms with van der Waals surface area (Å²) in [5, 5.41) is 8.59. The van der Waals surface area contributed by atoms with Crippen molar-refractivity contribution in [3.05, 3.63) is 0 Å². The number of hydrogen-bond donors (Lipinski definition) is 1. The highest BCUT2D eigenvalue weighted by molar-refractivity contribution is 5.78. The van der Waals surface area contributed by atoms with Crippen LogP contribution in [0.25, 0.3) is 0 Å². The molecule has 58 valence electrons. The summed E-state index contributed by atoms with van der Waals surface area (Å²) in [4.78, 5) is 12.6. The van der Waals surface area contributed by atoms with Crippen LogP contribution in [0, 0.1) is 0 Å². The summed E-state index contributed by atoms with van der Waals surface area (Å²) in [6, 6.07) is 0.289. The van der Waals surface area contributed by atoms with Crippen LogP contribution in [0.15, 0.2) is 0 Å². The topological polar surface area (TPSA) is 40.5 Å². The number of amides is 1. The average molecular weight is 143 g/mol. The molecule has 1 aliphatic heterocycles. The second-order valence-electron chi connectivity index (χ2n) is 2.71. The fraction of sp³-hybridized carbons (Fsp3) is 0.857. The lowest BCUT2D eigenvalue weighted by molar-refractivity contribution is -0.127. The van der Waals surface area contributed by atoms with Gasteiger partial charge in [-0.3, -0.25) is 4.79 Å². The molecule has 0 aromatic carbocycles. The van der Waals surface area contributed by atoms with E-state index in [2.05, 4.69) is 0 Å². The van der Waals surface area contributed by atoms with Crippen molar-refractivity contribution in [2.45, 2.75) is 25.3 Å². The van der Waals surface area contributed by atoms with Gasteiger partial charge in [-0.1, -0.05) is 0 Å². The van der Waals surface area contributed by atoms with Crippen LogP contribution in [-0.4, -0.2) is 35.6 Å². The standard InChI is InChI=1S/C7H13NO2/c1-8-6(4-5-9)2-3-7(8)10/h6,9H,2-5H2,1H3. The van der Waals surface area contributed by atoms with E-state index in [9.17, 15) is 4.79 Å². The van der Waals surface area contributed by atoms with Crippen molar-refractivity contribution >= 4 is 5.91 Å². The van der Waals surface area contributed by atoms with Gasteiger partial charge in [0, 0.05) is 26.1 Å². The van der Waals surface area contributed by atoms with Crippen LogP contribution in [0.3, 0.4) is 0 Å². The quantitative estimate of drug-likeness (QED) is 0.590. The third kappa shape index (κ3) is 1.29. The highest BCUT2D eigenvalue weighted by Crippen LogP contribution is 2.18. The van der Waals surface area contributed by atoms with Crippen LogP contribution in [0.4, 0.5) is 0 Å². The molecule has 0 radical (unpaired) electrons. The van der Waals surface area contributed by atoms with Crippen molar-refractivity contribution in [1.82, 2.24) is 4.90 Å². The smallest absolute Gasteiger partial charge is 0.222 e. The molecule has 0 aromatic rings. The third-order valence-electron chi connectivity index (χ3n) is 2.09. The molecule has 0 spiro atoms. The minimum absolute atomic E-state index is 0.183. The molecule has 1 atom stereocenters. The van der Waals surface area contributed by atoms with Crippen molar-refractivity contribution in [2.75, 3.05) is 13.7 Å². The van der Waals surface area contributed by atoms with Gasteiger partial charge in [0.15, 0.2) is 0 Å². The van der Waals surface area contributed by atoms with Gasteiger partial charge in [0.1, 0.15) is 0 Å². The number of hydrogen-bond acceptors (Lipinski definition) is 2. The number of aliphatic hydroxyl groups is 1. The Balaban J connectivity index is 2.41. The fourth-order valence-corrected chi connectivity index (χ4v) is 1.35. The minimum atomic E-state index is 0.183. The Labute approximate surface area is 60.6 Å². The minimum Gasteiger partial charge on any atom is -0.396 e. The summed E-state index contributed by atoms with van der Waals surface area (Å²) in [6.45, 7) is 0.183. The monoisotopic (exact) mass is 143 g/mol. The van der Waals surface area contributed by atoms with E-state index < -0.39 is 0 Å². The molecule has 1 amide bonds. The van der Waals surface area contributed by atoms with Gasteiger partial charge in [0.25, 0.3) is 0 Å². The zero-order valence-corrected chi connectivity index (χ0v) is 6.21. The summed E-state index contributed by atoms with van der Waals surface area (Å²) in [7, 11) is 1.80. The molecular formula is C7H13NO2. The van der Waals surface area contributed by atoms with E-state index in [1.165, 1.54) is 0 Å². The van der Waals surface area contributed by atoms with Crippen LogP contribution in [0.5, 0.6) is 0 Å². The Hall–Kier alpha value is -0.570. The number of carbonyl (C=O) groups is 1. The third-order valence-corrected chi connectivity index (χ3v) is 2.09. The Morgan fingerprint density at radius 2 is 2.50 bits per heavy atom. The van der Waals surface area contributed by atoms with Gasteiger partial charge >= 0.3 is 0 Å². The molecule has 3 nitrogen and oxygen atoms in total. The molecule has 3 heteroatoms. The number of carbonyl (C=O) groups excluding carboxylic acids is 1. The highest BCUT2D eigenvalue weighted by atomic mass is 16.3. The van der Waals surface area contributed by atoms with Crippen LogP contribution >= 0.6 is 0 Å². The second kappa shape index (κ2) is 3.01. The van der Waals surface area contributed by atoms with E-state index in [4.69, 9.17) is 5.11 Å². The van der Waals surface area contributed by atoms with Crippen molar-refractivity contribution < 1.29 is 9.90 Å². The van der Waals surface area contributed by atoms with Gasteiger partial charge in [0.05, 0.1) is 0 Å². The Morgan fingerprint density at radius 1 is 1.80 bits per heavy atom. The van der Waals surface area contributed by atoms with E-state index in [0.29, 0.717) is 6.42 Å². The predicted octanol–water partition coefficient (Wildman–Crippen LogP) is -0.0104. The van der Waals surface area contributed by atoms with Gasteiger partial charge in [-0.15, -0.1) is 0 Å². The van der Waals surface area contributed by atoms with Gasteiger partial charge in [-0.25, -0.2) is 0 Å². The molecule has 0 bridgehead atoms. The number of likely N-dealkylation sites (tertiary alicyclic amines) is 1. The van der Waals surface area contributed by atoms with Crippen LogP contribution in [0.2, 0.25) is 0 Å². The van der Waals surface area contributed by atoms with Gasteiger partial charge in [-0.05, 0) is 12.8 Å². The van der Waals surface area contributed by atoms with Gasteiger partial charge in [-0.2, -0.15) is 0 Å². The first-order valence-electron chi connectivity index (χ1n) is 3.62. The lowest BCUT2D eigenvalue weighted by Crippen LogP contribution is -2.29. The lowest BCUT2D eigenvalue weighted by atomic mass is 10.2. The Morgan fingerprint density at radius 3 is 2.90 bits per heavy atom. The van der Waals surface area contributed by atoms with E-state index in [1.807, 2.05) is 0 Å². The molecule has 1 aliphatic rings. The summed E-state index contributed by atoms with van der Waals surface area (Å²) in [5.41, 5.74) is 0. The van der Waals surface area contributed by atoms with Crippen LogP contribution in [0.1, 0.15) is 19.3 Å². The Kier molecular flexibility index (Phi) is 2.27. The molecule has 1 rings (SSSR count). The Bertz CT molecular complexity index is 136. The van der Waals surface area contributed by atoms with Gasteiger partial charge < -0.3 is 10.0 Å². The predicted molar refractivity (Wildman–Crippen MR) is 37.5 cm³/mol. The molecule has 10 heavy (non-hydrogen) atoms. The summed E-state index contributed by atoms with van der Waals surface area (Å²) >= 11 is 0. The van der Waals surface area contributed by atoms with Crippen LogP contribution < -0.4 is 0 Å². The lowest BCUT2D eigenvalue weighted by Gasteiger charge is -2.17. The SMILES string of the molecule is CN1C(=O)CCC1CCO. The van der Waals surface area contributed by atoms with E-state index in [-0.39, 0.29) is 18.6 Å². The van der Waals surface area contributed by atoms with Crippen molar-refractivity contribution in [3.8, 4) is 0 Å². The van der Waals surface area contributed by atoms with E-state index in [0.717, 1.165) is 12.8 Å². The molecular weight excluding hydrogens is 130 g/mol. The van der Waals surface area contributed by atoms with Crippen molar-refractivity contribution in [1.29, 1.82) is 0 Å². The van der Waals surface area contributed by atoms with Crippen molar-refractivity contribution in [2.24, 2.45) is 0 Å². The largest absolute Gasteiger partial charge is 0.396 e. The number of aliphatic hydroxyl groups excluding tert-OH is 1. The van der Waals surface area contributed by atoms with E-state index >= 15 is 0 Å². The number of nitrogens with zero attached hydrogens (tertiary/aromatic N) is 1. The summed E-state index contributed by atoms with van der Waals surface area (Å²) in [6.07, 6.45) is 2.29. The van der Waals surface area contributed by atoms with Crippen molar-refractivity contribution in [3.63, 3.8) is 0 Å². The molecule has 0 saturated carbocycles. The first kappa shape index (κ1) is 7.54. The zero-order valence-electron chi connectivity index (χ0n) is 6.21. The molecule has 0 aliphatic carbocycles. The maximum atomic E-state index is 10.9. The summed E-state index contributed by atoms with van der Waals surface area (Å²) < 4.78 is 0. The molecule has 1 N–H and O–H groups in total. The first-order chi connectivity index (χ1) is 4.75. The zero-order chi connectivity index (χ0) is 7.56. The van der Waals surface area contributed by atoms with E-state index in [1.54, 1.807) is 11.9 Å². The maximum absolute atomic E-state index is 10.9. The number of rotatable bonds is 2. The normalized spacial score (nSPS) is 26.0. The molecule has 0 aromatic heterocycles. The average Bonchev–Trinajstić information content (AvgIpc) is 2.20. The maximum Gasteiger partial charge on any atom is 0.222 e. The summed E-state index contributed by atoms with van der Waals surface area (Å²) in [5.74, 6) is 0.207. The molecule has 1 fully saturated rings. The highest BCUT2D eigenvalue weighted by Gasteiger charge is 2.26. The molecule has 1 saturated heterocycles. The second-order valence-corrected chi connectivity index (χ2v) is 2.71. The molecule has 1 heterocycles. The van der Waals surface area contributed by atoms with Gasteiger partial charge in [0.2, 0.25) is 5.91 Å². The first-order valence-corrected chi connectivity index (χ1v) is 3.62.